The third kappa shape index (κ3) is 2.75. The highest BCUT2D eigenvalue weighted by atomic mass is 16.5. The lowest BCUT2D eigenvalue weighted by atomic mass is 9.79. The molecule has 2 heterocycles. The lowest BCUT2D eigenvalue weighted by Gasteiger charge is -2.40. The van der Waals surface area contributed by atoms with Crippen molar-refractivity contribution in [1.29, 1.82) is 0 Å². The van der Waals surface area contributed by atoms with Crippen molar-refractivity contribution in [2.75, 3.05) is 14.2 Å². The molecule has 2 bridgehead atoms. The first-order valence-corrected chi connectivity index (χ1v) is 7.73. The van der Waals surface area contributed by atoms with Crippen LogP contribution in [0.15, 0.2) is 36.4 Å². The number of nitrogens with zero attached hydrogens (tertiary/aromatic N) is 1. The van der Waals surface area contributed by atoms with Gasteiger partial charge in [-0.15, -0.1) is 0 Å². The molecule has 4 atom stereocenters. The molecule has 3 nitrogen and oxygen atoms in total. The molecule has 0 spiro atoms. The third-order valence-electron chi connectivity index (χ3n) is 5.12. The Morgan fingerprint density at radius 3 is 2.76 bits per heavy atom. The van der Waals surface area contributed by atoms with E-state index < -0.39 is 0 Å². The molecule has 2 aliphatic heterocycles. The van der Waals surface area contributed by atoms with Gasteiger partial charge in [0, 0.05) is 12.1 Å². The number of hydrogen-bond donors (Lipinski definition) is 0. The minimum Gasteiger partial charge on any atom is -0.469 e. The Hall–Kier alpha value is -1.61. The summed E-state index contributed by atoms with van der Waals surface area (Å²) in [6.45, 7) is 0. The molecule has 0 amide bonds. The van der Waals surface area contributed by atoms with E-state index in [9.17, 15) is 4.79 Å². The van der Waals surface area contributed by atoms with Gasteiger partial charge in [0.15, 0.2) is 0 Å². The Bertz CT molecular complexity index is 525. The van der Waals surface area contributed by atoms with Crippen molar-refractivity contribution >= 4 is 12.0 Å². The highest BCUT2D eigenvalue weighted by molar-refractivity contribution is 5.74. The van der Waals surface area contributed by atoms with E-state index in [0.29, 0.717) is 12.1 Å². The molecule has 2 fully saturated rings. The average Bonchev–Trinajstić information content (AvgIpc) is 2.76. The van der Waals surface area contributed by atoms with Crippen LogP contribution in [0.25, 0.3) is 6.08 Å². The van der Waals surface area contributed by atoms with E-state index in [0.717, 1.165) is 12.8 Å². The first kappa shape index (κ1) is 14.3. The van der Waals surface area contributed by atoms with Crippen LogP contribution < -0.4 is 0 Å². The standard InChI is InChI=1S/C18H23NO2/c1-19-15-10-11-16(19)17(18(20)21-2)14(12-15)9-8-13-6-4-3-5-7-13/h3-9,14-17H,10-12H2,1-2H3/b9-8+/t14-,15-,16?,17+/m1/s1. The summed E-state index contributed by atoms with van der Waals surface area (Å²) in [6.07, 6.45) is 7.72. The summed E-state index contributed by atoms with van der Waals surface area (Å²) in [6, 6.07) is 11.2. The van der Waals surface area contributed by atoms with Gasteiger partial charge in [-0.25, -0.2) is 0 Å². The topological polar surface area (TPSA) is 29.5 Å². The van der Waals surface area contributed by atoms with Gasteiger partial charge in [-0.3, -0.25) is 9.69 Å². The van der Waals surface area contributed by atoms with Crippen LogP contribution in [0.1, 0.15) is 24.8 Å². The number of fused-ring (bicyclic) bond motifs is 2. The number of ether oxygens (including phenoxy) is 1. The molecule has 21 heavy (non-hydrogen) atoms. The summed E-state index contributed by atoms with van der Waals surface area (Å²) >= 11 is 0. The second kappa shape index (κ2) is 6.02. The summed E-state index contributed by atoms with van der Waals surface area (Å²) in [7, 11) is 3.65. The zero-order valence-corrected chi connectivity index (χ0v) is 12.7. The van der Waals surface area contributed by atoms with E-state index in [-0.39, 0.29) is 17.8 Å². The summed E-state index contributed by atoms with van der Waals surface area (Å²) in [4.78, 5) is 14.6. The Morgan fingerprint density at radius 1 is 1.29 bits per heavy atom. The van der Waals surface area contributed by atoms with Crippen molar-refractivity contribution in [2.45, 2.75) is 31.3 Å². The molecule has 1 aromatic rings. The Labute approximate surface area is 126 Å². The summed E-state index contributed by atoms with van der Waals surface area (Å²) in [5.41, 5.74) is 1.19. The monoisotopic (exact) mass is 285 g/mol. The number of hydrogen-bond acceptors (Lipinski definition) is 3. The molecule has 0 saturated carbocycles. The molecular weight excluding hydrogens is 262 g/mol. The van der Waals surface area contributed by atoms with Gasteiger partial charge in [0.05, 0.1) is 13.0 Å². The molecule has 1 aromatic carbocycles. The molecule has 0 radical (unpaired) electrons. The van der Waals surface area contributed by atoms with E-state index in [1.54, 1.807) is 0 Å². The molecule has 1 unspecified atom stereocenters. The van der Waals surface area contributed by atoms with Crippen LogP contribution in [0.5, 0.6) is 0 Å². The first-order chi connectivity index (χ1) is 10.2. The molecule has 2 aliphatic rings. The Kier molecular flexibility index (Phi) is 4.11. The normalized spacial score (nSPS) is 32.5. The fourth-order valence-electron chi connectivity index (χ4n) is 3.97. The number of carbonyl (C=O) groups is 1. The van der Waals surface area contributed by atoms with Crippen LogP contribution in [-0.4, -0.2) is 37.1 Å². The number of carbonyl (C=O) groups excluding carboxylic acids is 1. The maximum atomic E-state index is 12.2. The molecule has 0 N–H and O–H groups in total. The molecule has 112 valence electrons. The van der Waals surface area contributed by atoms with Crippen molar-refractivity contribution < 1.29 is 9.53 Å². The van der Waals surface area contributed by atoms with Crippen LogP contribution in [0, 0.1) is 11.8 Å². The second-order valence-electron chi connectivity index (χ2n) is 6.18. The van der Waals surface area contributed by atoms with E-state index >= 15 is 0 Å². The van der Waals surface area contributed by atoms with Crippen LogP contribution in [0.4, 0.5) is 0 Å². The molecule has 2 saturated heterocycles. The van der Waals surface area contributed by atoms with Gasteiger partial charge in [-0.1, -0.05) is 42.5 Å². The van der Waals surface area contributed by atoms with Gasteiger partial charge in [-0.05, 0) is 37.8 Å². The van der Waals surface area contributed by atoms with Gasteiger partial charge in [0.25, 0.3) is 0 Å². The smallest absolute Gasteiger partial charge is 0.310 e. The minimum absolute atomic E-state index is 0.0290. The van der Waals surface area contributed by atoms with Gasteiger partial charge in [0.2, 0.25) is 0 Å². The lowest BCUT2D eigenvalue weighted by molar-refractivity contribution is -0.151. The highest BCUT2D eigenvalue weighted by Gasteiger charge is 2.48. The number of methoxy groups -OCH3 is 1. The molecule has 3 rings (SSSR count). The predicted molar refractivity (Wildman–Crippen MR) is 83.7 cm³/mol. The molecule has 0 aromatic heterocycles. The van der Waals surface area contributed by atoms with Crippen LogP contribution in [-0.2, 0) is 9.53 Å². The first-order valence-electron chi connectivity index (χ1n) is 7.73. The van der Waals surface area contributed by atoms with E-state index in [1.807, 2.05) is 18.2 Å². The van der Waals surface area contributed by atoms with Crippen molar-refractivity contribution in [3.8, 4) is 0 Å². The van der Waals surface area contributed by atoms with Gasteiger partial charge < -0.3 is 4.74 Å². The Morgan fingerprint density at radius 2 is 2.05 bits per heavy atom. The number of esters is 1. The number of allylic oxidation sites excluding steroid dienone is 1. The van der Waals surface area contributed by atoms with Crippen molar-refractivity contribution in [3.63, 3.8) is 0 Å². The minimum atomic E-state index is -0.0603. The second-order valence-corrected chi connectivity index (χ2v) is 6.18. The number of rotatable bonds is 3. The van der Waals surface area contributed by atoms with Crippen LogP contribution in [0.3, 0.4) is 0 Å². The molecule has 3 heteroatoms. The van der Waals surface area contributed by atoms with Crippen LogP contribution >= 0.6 is 0 Å². The van der Waals surface area contributed by atoms with Crippen LogP contribution in [0.2, 0.25) is 0 Å². The van der Waals surface area contributed by atoms with Gasteiger partial charge in [-0.2, -0.15) is 0 Å². The fourth-order valence-corrected chi connectivity index (χ4v) is 3.97. The highest BCUT2D eigenvalue weighted by Crippen LogP contribution is 2.42. The molecular formula is C18H23NO2. The fraction of sp³-hybridized carbons (Fsp3) is 0.500. The SMILES string of the molecule is COC(=O)[C@@H]1C2CC[C@H](C[C@H]1/C=C/c1ccccc1)N2C. The Balaban J connectivity index is 1.82. The quantitative estimate of drug-likeness (QED) is 0.800. The number of benzene rings is 1. The largest absolute Gasteiger partial charge is 0.469 e. The van der Waals surface area contributed by atoms with E-state index in [2.05, 4.69) is 36.2 Å². The zero-order valence-electron chi connectivity index (χ0n) is 12.7. The maximum absolute atomic E-state index is 12.2. The predicted octanol–water partition coefficient (Wildman–Crippen LogP) is 2.97. The third-order valence-corrected chi connectivity index (χ3v) is 5.12. The summed E-state index contributed by atoms with van der Waals surface area (Å²) in [5.74, 6) is 0.194. The van der Waals surface area contributed by atoms with Crippen molar-refractivity contribution in [1.82, 2.24) is 4.90 Å². The van der Waals surface area contributed by atoms with Gasteiger partial charge >= 0.3 is 5.97 Å². The summed E-state index contributed by atoms with van der Waals surface area (Å²) < 4.78 is 5.07. The zero-order chi connectivity index (χ0) is 14.8. The maximum Gasteiger partial charge on any atom is 0.310 e. The number of piperidine rings is 1. The van der Waals surface area contributed by atoms with Crippen molar-refractivity contribution in [3.05, 3.63) is 42.0 Å². The van der Waals surface area contributed by atoms with E-state index in [4.69, 9.17) is 4.74 Å². The summed E-state index contributed by atoms with van der Waals surface area (Å²) in [5, 5.41) is 0. The van der Waals surface area contributed by atoms with Crippen molar-refractivity contribution in [2.24, 2.45) is 11.8 Å². The van der Waals surface area contributed by atoms with Gasteiger partial charge in [0.1, 0.15) is 0 Å². The average molecular weight is 285 g/mol. The lowest BCUT2D eigenvalue weighted by Crippen LogP contribution is -2.49. The van der Waals surface area contributed by atoms with E-state index in [1.165, 1.54) is 19.1 Å². The molecule has 0 aliphatic carbocycles.